The van der Waals surface area contributed by atoms with Crippen molar-refractivity contribution >= 4 is 49.0 Å². The third kappa shape index (κ3) is 6.79. The second kappa shape index (κ2) is 11.8. The van der Waals surface area contributed by atoms with Gasteiger partial charge in [0.15, 0.2) is 25.4 Å². The number of fused-ring (bicyclic) bond motifs is 1. The number of carboxylic acid groups (broad SMARTS) is 1. The molecule has 1 unspecified atom stereocenters. The summed E-state index contributed by atoms with van der Waals surface area (Å²) in [4.78, 5) is 40.4. The molecule has 3 rings (SSSR count). The van der Waals surface area contributed by atoms with E-state index in [1.807, 2.05) is 0 Å². The van der Waals surface area contributed by atoms with Crippen molar-refractivity contribution in [3.8, 4) is 0 Å². The molecular formula is C21H25N8O4P. The molecule has 12 nitrogen and oxygen atoms in total. The molecule has 7 N–H and O–H groups in total. The Kier molecular flexibility index (Phi) is 8.58. The molecule has 0 saturated carbocycles. The highest BCUT2D eigenvalue weighted by Crippen LogP contribution is 2.15. The summed E-state index contributed by atoms with van der Waals surface area (Å²) in [7, 11) is 0.0351. The zero-order chi connectivity index (χ0) is 24.5. The summed E-state index contributed by atoms with van der Waals surface area (Å²) in [6.07, 6.45) is 4.10. The van der Waals surface area contributed by atoms with Crippen LogP contribution in [0.4, 0.5) is 17.5 Å². The largest absolute Gasteiger partial charge is 0.480 e. The van der Waals surface area contributed by atoms with Crippen LogP contribution in [0.15, 0.2) is 30.5 Å². The van der Waals surface area contributed by atoms with Crippen molar-refractivity contribution in [1.29, 1.82) is 0 Å². The van der Waals surface area contributed by atoms with E-state index in [0.717, 1.165) is 5.69 Å². The van der Waals surface area contributed by atoms with Crippen molar-refractivity contribution in [2.75, 3.05) is 29.5 Å². The minimum Gasteiger partial charge on any atom is -0.480 e. The van der Waals surface area contributed by atoms with Crippen molar-refractivity contribution in [2.45, 2.75) is 31.7 Å². The number of nitrogens with zero attached hydrogens (tertiary/aromatic N) is 4. The van der Waals surface area contributed by atoms with E-state index in [2.05, 4.69) is 30.6 Å². The lowest BCUT2D eigenvalue weighted by Gasteiger charge is -2.14. The number of nitrogens with one attached hydrogen (secondary N) is 2. The average Bonchev–Trinajstić information content (AvgIpc) is 2.81. The molecule has 0 spiro atoms. The van der Waals surface area contributed by atoms with E-state index in [1.54, 1.807) is 30.5 Å². The van der Waals surface area contributed by atoms with E-state index in [4.69, 9.17) is 11.5 Å². The zero-order valence-corrected chi connectivity index (χ0v) is 19.2. The Morgan fingerprint density at radius 1 is 1.09 bits per heavy atom. The Morgan fingerprint density at radius 2 is 1.85 bits per heavy atom. The van der Waals surface area contributed by atoms with Crippen LogP contribution < -0.4 is 22.1 Å². The van der Waals surface area contributed by atoms with Gasteiger partial charge in [0.25, 0.3) is 5.91 Å². The molecule has 0 aliphatic heterocycles. The maximum absolute atomic E-state index is 12.4. The van der Waals surface area contributed by atoms with Gasteiger partial charge in [-0.3, -0.25) is 9.36 Å². The van der Waals surface area contributed by atoms with Gasteiger partial charge in [0.05, 0.1) is 11.9 Å². The Morgan fingerprint density at radius 3 is 2.56 bits per heavy atom. The first-order valence-electron chi connectivity index (χ1n) is 10.6. The Bertz CT molecular complexity index is 1180. The van der Waals surface area contributed by atoms with Crippen LogP contribution in [-0.2, 0) is 15.8 Å². The van der Waals surface area contributed by atoms with E-state index >= 15 is 0 Å². The fourth-order valence-electron chi connectivity index (χ4n) is 3.20. The summed E-state index contributed by atoms with van der Waals surface area (Å²) >= 11 is 0. The van der Waals surface area contributed by atoms with Crippen molar-refractivity contribution in [2.24, 2.45) is 0 Å². The van der Waals surface area contributed by atoms with E-state index < -0.39 is 17.9 Å². The molecule has 0 saturated heterocycles. The van der Waals surface area contributed by atoms with Crippen molar-refractivity contribution in [1.82, 2.24) is 25.3 Å². The van der Waals surface area contributed by atoms with Crippen LogP contribution >= 0.6 is 8.46 Å². The molecule has 0 radical (unpaired) electrons. The van der Waals surface area contributed by atoms with E-state index in [1.165, 1.54) is 0 Å². The fourth-order valence-corrected chi connectivity index (χ4v) is 3.55. The van der Waals surface area contributed by atoms with Gasteiger partial charge >= 0.3 is 5.97 Å². The lowest BCUT2D eigenvalue weighted by molar-refractivity contribution is -0.139. The molecule has 13 heteroatoms. The molecule has 178 valence electrons. The molecule has 3 aromatic rings. The first-order valence-corrected chi connectivity index (χ1v) is 11.6. The highest BCUT2D eigenvalue weighted by Gasteiger charge is 2.20. The van der Waals surface area contributed by atoms with Crippen LogP contribution in [0.25, 0.3) is 11.2 Å². The lowest BCUT2D eigenvalue weighted by atomic mass is 10.1. The number of amides is 1. The Labute approximate surface area is 196 Å². The molecule has 2 aromatic heterocycles. The van der Waals surface area contributed by atoms with Crippen LogP contribution in [-0.4, -0.2) is 55.7 Å². The molecule has 2 heterocycles. The van der Waals surface area contributed by atoms with Crippen LogP contribution in [0, 0.1) is 0 Å². The number of unbranched alkanes of at least 4 members (excludes halogenated alkanes) is 1. The van der Waals surface area contributed by atoms with Crippen molar-refractivity contribution < 1.29 is 19.3 Å². The number of benzene rings is 1. The summed E-state index contributed by atoms with van der Waals surface area (Å²) in [5, 5.41) is 15.1. The number of hydrogen-bond acceptors (Lipinski definition) is 10. The smallest absolute Gasteiger partial charge is 0.326 e. The second-order valence-electron chi connectivity index (χ2n) is 7.47. The number of carbonyl (C=O) groups is 2. The summed E-state index contributed by atoms with van der Waals surface area (Å²) < 4.78 is 10.5. The molecule has 0 aliphatic rings. The quantitative estimate of drug-likeness (QED) is 0.186. The molecule has 1 amide bonds. The fraction of sp³-hybridized carbons (Fsp3) is 0.333. The minimum absolute atomic E-state index is 0.0351. The highest BCUT2D eigenvalue weighted by atomic mass is 31.1. The standard InChI is InChI=1S/C21H25N8O4P/c22-17-16-18(29-21(23)28-17)25-11-14(26-16)8-9-24-13-6-4-12(5-7-13)19(30)27-15(20(31)32)3-1-2-10-34-33/h4-7,11,15,24H,1-3,8-10H2,(H,27,30)(H,31,32)(H4,22,23,25,28,29). The summed E-state index contributed by atoms with van der Waals surface area (Å²) in [6.45, 7) is 0.547. The molecule has 0 bridgehead atoms. The Hall–Kier alpha value is -3.92. The number of anilines is 3. The average molecular weight is 484 g/mol. The van der Waals surface area contributed by atoms with Crippen molar-refractivity contribution in [3.05, 3.63) is 41.7 Å². The van der Waals surface area contributed by atoms with Crippen LogP contribution in [0.5, 0.6) is 0 Å². The summed E-state index contributed by atoms with van der Waals surface area (Å²) in [6, 6.07) is 5.71. The number of carboxylic acids is 1. The monoisotopic (exact) mass is 484 g/mol. The third-order valence-electron chi connectivity index (χ3n) is 4.95. The summed E-state index contributed by atoms with van der Waals surface area (Å²) in [5.41, 5.74) is 14.0. The van der Waals surface area contributed by atoms with Gasteiger partial charge in [-0.2, -0.15) is 9.97 Å². The number of aliphatic carboxylic acids is 1. The van der Waals surface area contributed by atoms with Gasteiger partial charge in [0.1, 0.15) is 6.04 Å². The summed E-state index contributed by atoms with van der Waals surface area (Å²) in [5.74, 6) is -1.35. The maximum Gasteiger partial charge on any atom is 0.326 e. The molecule has 1 atom stereocenters. The van der Waals surface area contributed by atoms with Crippen molar-refractivity contribution in [3.63, 3.8) is 0 Å². The Balaban J connectivity index is 1.52. The molecular weight excluding hydrogens is 459 g/mol. The molecule has 34 heavy (non-hydrogen) atoms. The van der Waals surface area contributed by atoms with Gasteiger partial charge in [-0.05, 0) is 37.1 Å². The number of hydrogen-bond donors (Lipinski definition) is 5. The minimum atomic E-state index is -1.10. The van der Waals surface area contributed by atoms with E-state index in [-0.39, 0.29) is 26.6 Å². The van der Waals surface area contributed by atoms with E-state index in [9.17, 15) is 19.3 Å². The maximum atomic E-state index is 12.4. The number of carbonyl (C=O) groups excluding carboxylic acids is 1. The van der Waals surface area contributed by atoms with Gasteiger partial charge in [-0.25, -0.2) is 14.8 Å². The lowest BCUT2D eigenvalue weighted by Crippen LogP contribution is -2.40. The highest BCUT2D eigenvalue weighted by molar-refractivity contribution is 7.23. The zero-order valence-electron chi connectivity index (χ0n) is 18.3. The second-order valence-corrected chi connectivity index (χ2v) is 8.17. The number of nitrogen functional groups attached to an aromatic ring is 2. The third-order valence-corrected chi connectivity index (χ3v) is 5.45. The molecule has 1 aromatic carbocycles. The number of aromatic nitrogens is 4. The van der Waals surface area contributed by atoms with Gasteiger partial charge < -0.3 is 27.2 Å². The van der Waals surface area contributed by atoms with E-state index in [0.29, 0.717) is 54.4 Å². The van der Waals surface area contributed by atoms with Crippen LogP contribution in [0.2, 0.25) is 0 Å². The van der Waals surface area contributed by atoms with Gasteiger partial charge in [0.2, 0.25) is 5.95 Å². The first-order chi connectivity index (χ1) is 16.4. The van der Waals surface area contributed by atoms with Crippen LogP contribution in [0.1, 0.15) is 35.3 Å². The molecule has 0 fully saturated rings. The van der Waals surface area contributed by atoms with Gasteiger partial charge in [-0.1, -0.05) is 6.42 Å². The van der Waals surface area contributed by atoms with Gasteiger partial charge in [0, 0.05) is 30.4 Å². The van der Waals surface area contributed by atoms with Crippen LogP contribution in [0.3, 0.4) is 0 Å². The normalized spacial score (nSPS) is 11.9. The van der Waals surface area contributed by atoms with Gasteiger partial charge in [-0.15, -0.1) is 0 Å². The predicted octanol–water partition coefficient (Wildman–Crippen LogP) is 1.88. The predicted molar refractivity (Wildman–Crippen MR) is 128 cm³/mol. The molecule has 0 aliphatic carbocycles. The first kappa shape index (κ1) is 24.7. The topological polar surface area (TPSA) is 199 Å². The number of nitrogens with two attached hydrogens (primary N) is 2. The number of rotatable bonds is 12. The SMILES string of the molecule is Nc1nc(N)c2nc(CCNc3ccc(C(=O)NC(CCCCP=O)C(=O)O)cc3)cnc2n1.